The van der Waals surface area contributed by atoms with Crippen molar-refractivity contribution in [1.29, 1.82) is 0 Å². The minimum atomic E-state index is -0.356. The predicted molar refractivity (Wildman–Crippen MR) is 122 cm³/mol. The molecule has 1 unspecified atom stereocenters. The maximum atomic E-state index is 13.2. The van der Waals surface area contributed by atoms with Gasteiger partial charge in [0, 0.05) is 16.1 Å². The molecule has 7 heteroatoms. The van der Waals surface area contributed by atoms with Gasteiger partial charge in [0.05, 0.1) is 6.04 Å². The summed E-state index contributed by atoms with van der Waals surface area (Å²) in [5.41, 5.74) is 2.65. The van der Waals surface area contributed by atoms with Gasteiger partial charge in [0.1, 0.15) is 5.25 Å². The Bertz CT molecular complexity index is 1160. The molecule has 0 radical (unpaired) electrons. The van der Waals surface area contributed by atoms with Gasteiger partial charge >= 0.3 is 0 Å². The number of nitrogens with zero attached hydrogens (tertiary/aromatic N) is 4. The van der Waals surface area contributed by atoms with Crippen LogP contribution >= 0.6 is 11.8 Å². The topological polar surface area (TPSA) is 72.7 Å². The summed E-state index contributed by atoms with van der Waals surface area (Å²) in [4.78, 5) is 14.3. The van der Waals surface area contributed by atoms with Gasteiger partial charge in [-0.3, -0.25) is 4.79 Å². The number of tetrazole rings is 1. The first-order valence-electron chi connectivity index (χ1n) is 10.2. The zero-order valence-corrected chi connectivity index (χ0v) is 17.6. The molecule has 1 aliphatic rings. The molecule has 5 rings (SSSR count). The van der Waals surface area contributed by atoms with Crippen molar-refractivity contribution in [3.05, 3.63) is 90.5 Å². The molecule has 1 amide bonds. The van der Waals surface area contributed by atoms with E-state index in [9.17, 15) is 4.79 Å². The summed E-state index contributed by atoms with van der Waals surface area (Å²) < 4.78 is 1.88. The Morgan fingerprint density at radius 2 is 1.61 bits per heavy atom. The van der Waals surface area contributed by atoms with Crippen LogP contribution in [0.25, 0.3) is 11.4 Å². The second kappa shape index (κ2) is 8.73. The lowest BCUT2D eigenvalue weighted by molar-refractivity contribution is -0.115. The number of thioether (sulfide) groups is 1. The Hall–Kier alpha value is -3.45. The first-order chi connectivity index (χ1) is 15.3. The summed E-state index contributed by atoms with van der Waals surface area (Å²) in [6, 6.07) is 27.9. The van der Waals surface area contributed by atoms with Crippen molar-refractivity contribution in [2.75, 3.05) is 5.32 Å². The lowest BCUT2D eigenvalue weighted by Crippen LogP contribution is -2.19. The molecule has 1 saturated carbocycles. The fourth-order valence-electron chi connectivity index (χ4n) is 3.40. The van der Waals surface area contributed by atoms with Gasteiger partial charge < -0.3 is 5.32 Å². The third-order valence-corrected chi connectivity index (χ3v) is 6.40. The SMILES string of the molecule is O=C(Nc1ccc(-c2nnnn2C2CC2)cc1)C(Sc1ccccc1)c1ccccc1. The minimum Gasteiger partial charge on any atom is -0.325 e. The number of carbonyl (C=O) groups is 1. The van der Waals surface area contributed by atoms with Crippen LogP contribution in [0.5, 0.6) is 0 Å². The van der Waals surface area contributed by atoms with Gasteiger partial charge in [-0.25, -0.2) is 4.68 Å². The summed E-state index contributed by atoms with van der Waals surface area (Å²) in [7, 11) is 0. The van der Waals surface area contributed by atoms with E-state index in [1.165, 1.54) is 0 Å². The van der Waals surface area contributed by atoms with Crippen LogP contribution in [0.2, 0.25) is 0 Å². The molecular formula is C24H21N5OS. The van der Waals surface area contributed by atoms with E-state index < -0.39 is 0 Å². The van der Waals surface area contributed by atoms with Crippen molar-refractivity contribution in [1.82, 2.24) is 20.2 Å². The minimum absolute atomic E-state index is 0.0596. The lowest BCUT2D eigenvalue weighted by atomic mass is 10.1. The molecule has 0 spiro atoms. The Kier molecular flexibility index (Phi) is 5.50. The summed E-state index contributed by atoms with van der Waals surface area (Å²) in [6.07, 6.45) is 2.23. The van der Waals surface area contributed by atoms with E-state index in [1.54, 1.807) is 11.8 Å². The van der Waals surface area contributed by atoms with Crippen LogP contribution < -0.4 is 5.32 Å². The van der Waals surface area contributed by atoms with Gasteiger partial charge in [0.15, 0.2) is 5.82 Å². The zero-order chi connectivity index (χ0) is 21.0. The van der Waals surface area contributed by atoms with E-state index >= 15 is 0 Å². The number of anilines is 1. The molecule has 1 atom stereocenters. The summed E-state index contributed by atoms with van der Waals surface area (Å²) in [5.74, 6) is 0.706. The second-order valence-corrected chi connectivity index (χ2v) is 8.64. The van der Waals surface area contributed by atoms with Crippen molar-refractivity contribution >= 4 is 23.4 Å². The third-order valence-electron chi connectivity index (χ3n) is 5.13. The van der Waals surface area contributed by atoms with Crippen LogP contribution in [0.4, 0.5) is 5.69 Å². The Labute approximate surface area is 184 Å². The molecule has 1 aliphatic carbocycles. The average molecular weight is 428 g/mol. The third kappa shape index (κ3) is 4.51. The van der Waals surface area contributed by atoms with Gasteiger partial charge in [0.2, 0.25) is 5.91 Å². The van der Waals surface area contributed by atoms with E-state index in [0.717, 1.165) is 40.4 Å². The van der Waals surface area contributed by atoms with Crippen LogP contribution in [-0.4, -0.2) is 26.1 Å². The van der Waals surface area contributed by atoms with E-state index in [1.807, 2.05) is 89.6 Å². The Morgan fingerprint density at radius 3 is 2.29 bits per heavy atom. The van der Waals surface area contributed by atoms with Crippen LogP contribution in [-0.2, 0) is 4.79 Å². The molecule has 1 aromatic heterocycles. The maximum Gasteiger partial charge on any atom is 0.242 e. The Balaban J connectivity index is 1.34. The first-order valence-corrected chi connectivity index (χ1v) is 11.1. The number of benzene rings is 3. The molecule has 31 heavy (non-hydrogen) atoms. The predicted octanol–water partition coefficient (Wildman–Crippen LogP) is 5.15. The average Bonchev–Trinajstić information content (AvgIpc) is 3.55. The number of carbonyl (C=O) groups excluding carboxylic acids is 1. The fourth-order valence-corrected chi connectivity index (χ4v) is 4.44. The summed E-state index contributed by atoms with van der Waals surface area (Å²) in [6.45, 7) is 0. The van der Waals surface area contributed by atoms with Crippen molar-refractivity contribution < 1.29 is 4.79 Å². The zero-order valence-electron chi connectivity index (χ0n) is 16.8. The van der Waals surface area contributed by atoms with Gasteiger partial charge in [-0.2, -0.15) is 0 Å². The number of hydrogen-bond acceptors (Lipinski definition) is 5. The summed E-state index contributed by atoms with van der Waals surface area (Å²) in [5, 5.41) is 14.8. The highest BCUT2D eigenvalue weighted by molar-refractivity contribution is 8.00. The van der Waals surface area contributed by atoms with Crippen LogP contribution in [0.3, 0.4) is 0 Å². The maximum absolute atomic E-state index is 13.2. The van der Waals surface area contributed by atoms with E-state index in [0.29, 0.717) is 6.04 Å². The number of nitrogens with one attached hydrogen (secondary N) is 1. The quantitative estimate of drug-likeness (QED) is 0.413. The van der Waals surface area contributed by atoms with E-state index in [2.05, 4.69) is 20.8 Å². The van der Waals surface area contributed by atoms with Crippen molar-refractivity contribution in [2.45, 2.75) is 29.0 Å². The van der Waals surface area contributed by atoms with Crippen molar-refractivity contribution in [3.63, 3.8) is 0 Å². The molecule has 0 saturated heterocycles. The smallest absolute Gasteiger partial charge is 0.242 e. The summed E-state index contributed by atoms with van der Waals surface area (Å²) >= 11 is 1.54. The van der Waals surface area contributed by atoms with Gasteiger partial charge in [-0.15, -0.1) is 16.9 Å². The molecule has 0 bridgehead atoms. The Morgan fingerprint density at radius 1 is 0.935 bits per heavy atom. The van der Waals surface area contributed by atoms with Gasteiger partial charge in [-0.1, -0.05) is 48.5 Å². The van der Waals surface area contributed by atoms with Crippen molar-refractivity contribution in [2.24, 2.45) is 0 Å². The number of rotatable bonds is 7. The molecule has 0 aliphatic heterocycles. The second-order valence-electron chi connectivity index (χ2n) is 7.47. The molecule has 1 heterocycles. The standard InChI is InChI=1S/C24H21N5OS/c30-24(22(17-7-3-1-4-8-17)31-21-9-5-2-6-10-21)25-19-13-11-18(12-14-19)23-26-27-28-29(23)20-15-16-20/h1-14,20,22H,15-16H2,(H,25,30). The largest absolute Gasteiger partial charge is 0.325 e. The van der Waals surface area contributed by atoms with E-state index in [-0.39, 0.29) is 11.2 Å². The normalized spacial score (nSPS) is 14.2. The number of amides is 1. The van der Waals surface area contributed by atoms with Gasteiger partial charge in [-0.05, 0) is 65.2 Å². The van der Waals surface area contributed by atoms with E-state index in [4.69, 9.17) is 0 Å². The highest BCUT2D eigenvalue weighted by atomic mass is 32.2. The highest BCUT2D eigenvalue weighted by Crippen LogP contribution is 2.37. The van der Waals surface area contributed by atoms with Crippen LogP contribution in [0.1, 0.15) is 29.7 Å². The first kappa shape index (κ1) is 19.5. The van der Waals surface area contributed by atoms with Crippen molar-refractivity contribution in [3.8, 4) is 11.4 Å². The molecule has 1 N–H and O–H groups in total. The molecule has 4 aromatic rings. The monoisotopic (exact) mass is 427 g/mol. The lowest BCUT2D eigenvalue weighted by Gasteiger charge is -2.17. The molecule has 154 valence electrons. The number of hydrogen-bond donors (Lipinski definition) is 1. The molecular weight excluding hydrogens is 406 g/mol. The highest BCUT2D eigenvalue weighted by Gasteiger charge is 2.28. The number of aromatic nitrogens is 4. The molecule has 3 aromatic carbocycles. The van der Waals surface area contributed by atoms with Crippen LogP contribution in [0, 0.1) is 0 Å². The molecule has 6 nitrogen and oxygen atoms in total. The van der Waals surface area contributed by atoms with Crippen LogP contribution in [0.15, 0.2) is 89.8 Å². The fraction of sp³-hybridized carbons (Fsp3) is 0.167. The molecule has 1 fully saturated rings. The van der Waals surface area contributed by atoms with Gasteiger partial charge in [0.25, 0.3) is 0 Å².